The minimum Gasteiger partial charge on any atom is -0.494 e. The molecule has 3 aromatic rings. The quantitative estimate of drug-likeness (QED) is 0.730. The molecule has 0 amide bonds. The molecule has 0 N–H and O–H groups in total. The second-order valence-corrected chi connectivity index (χ2v) is 4.80. The highest BCUT2D eigenvalue weighted by Gasteiger charge is 2.11. The van der Waals surface area contributed by atoms with Crippen LogP contribution in [0.5, 0.6) is 5.75 Å². The first-order valence-corrected chi connectivity index (χ1v) is 6.73. The summed E-state index contributed by atoms with van der Waals surface area (Å²) < 4.78 is 7.57. The lowest BCUT2D eigenvalue weighted by atomic mass is 10.0. The Bertz CT molecular complexity index is 762. The van der Waals surface area contributed by atoms with E-state index in [4.69, 9.17) is 4.74 Å². The molecular formula is C16H17N3O. The Morgan fingerprint density at radius 3 is 2.75 bits per heavy atom. The fourth-order valence-electron chi connectivity index (χ4n) is 2.47. The summed E-state index contributed by atoms with van der Waals surface area (Å²) in [5.74, 6) is 1.63. The Morgan fingerprint density at radius 2 is 2.00 bits per heavy atom. The monoisotopic (exact) mass is 267 g/mol. The first-order valence-electron chi connectivity index (χ1n) is 6.73. The molecule has 0 saturated carbocycles. The van der Waals surface area contributed by atoms with Gasteiger partial charge in [0.05, 0.1) is 12.3 Å². The summed E-state index contributed by atoms with van der Waals surface area (Å²) in [5, 5.41) is 0. The third-order valence-corrected chi connectivity index (χ3v) is 3.37. The van der Waals surface area contributed by atoms with Crippen LogP contribution in [0.4, 0.5) is 0 Å². The molecule has 4 heteroatoms. The normalized spacial score (nSPS) is 10.9. The number of fused-ring (bicyclic) bond motifs is 1. The first-order chi connectivity index (χ1) is 9.70. The number of ether oxygens (including phenoxy) is 1. The summed E-state index contributed by atoms with van der Waals surface area (Å²) in [5.41, 5.74) is 4.62. The maximum absolute atomic E-state index is 5.55. The average Bonchev–Trinajstić information content (AvgIpc) is 2.89. The molecule has 0 aliphatic heterocycles. The van der Waals surface area contributed by atoms with Crippen LogP contribution in [-0.2, 0) is 0 Å². The molecule has 2 aromatic heterocycles. The topological polar surface area (TPSA) is 39.4 Å². The van der Waals surface area contributed by atoms with Crippen molar-refractivity contribution in [3.05, 3.63) is 47.9 Å². The van der Waals surface area contributed by atoms with Crippen LogP contribution in [-0.4, -0.2) is 21.0 Å². The Balaban J connectivity index is 2.20. The molecule has 0 fully saturated rings. The second kappa shape index (κ2) is 4.96. The number of benzene rings is 1. The number of hydrogen-bond donors (Lipinski definition) is 0. The molecular weight excluding hydrogens is 250 g/mol. The maximum atomic E-state index is 5.55. The zero-order valence-electron chi connectivity index (χ0n) is 11.9. The fraction of sp³-hybridized carbons (Fsp3) is 0.250. The predicted molar refractivity (Wildman–Crippen MR) is 79.1 cm³/mol. The van der Waals surface area contributed by atoms with E-state index in [0.717, 1.165) is 22.8 Å². The van der Waals surface area contributed by atoms with Gasteiger partial charge < -0.3 is 4.74 Å². The van der Waals surface area contributed by atoms with Crippen LogP contribution in [0.25, 0.3) is 17.0 Å². The van der Waals surface area contributed by atoms with Gasteiger partial charge >= 0.3 is 0 Å². The van der Waals surface area contributed by atoms with Crippen LogP contribution in [0.1, 0.15) is 18.1 Å². The van der Waals surface area contributed by atoms with E-state index in [1.165, 1.54) is 11.1 Å². The van der Waals surface area contributed by atoms with Gasteiger partial charge in [-0.05, 0) is 50.1 Å². The summed E-state index contributed by atoms with van der Waals surface area (Å²) in [6.45, 7) is 6.84. The molecule has 0 spiro atoms. The highest BCUT2D eigenvalue weighted by atomic mass is 16.5. The lowest BCUT2D eigenvalue weighted by Crippen LogP contribution is -1.99. The van der Waals surface area contributed by atoms with Crippen molar-refractivity contribution in [1.29, 1.82) is 0 Å². The Labute approximate surface area is 118 Å². The van der Waals surface area contributed by atoms with Crippen molar-refractivity contribution in [2.45, 2.75) is 20.8 Å². The molecule has 2 heterocycles. The summed E-state index contributed by atoms with van der Waals surface area (Å²) in [4.78, 5) is 8.58. The predicted octanol–water partition coefficient (Wildman–Crippen LogP) is 3.41. The third-order valence-electron chi connectivity index (χ3n) is 3.37. The van der Waals surface area contributed by atoms with Crippen molar-refractivity contribution >= 4 is 5.78 Å². The third kappa shape index (κ3) is 2.03. The molecule has 102 valence electrons. The van der Waals surface area contributed by atoms with Gasteiger partial charge in [0.15, 0.2) is 0 Å². The van der Waals surface area contributed by atoms with Gasteiger partial charge in [-0.2, -0.15) is 0 Å². The molecule has 0 radical (unpaired) electrons. The molecule has 0 bridgehead atoms. The van der Waals surface area contributed by atoms with Crippen LogP contribution in [0, 0.1) is 13.8 Å². The zero-order valence-corrected chi connectivity index (χ0v) is 11.9. The number of hydrogen-bond acceptors (Lipinski definition) is 3. The SMILES string of the molecule is CCOc1ccc(-c2c(C)cnc3nccn23)c(C)c1. The fourth-order valence-corrected chi connectivity index (χ4v) is 2.47. The molecule has 0 aliphatic carbocycles. The van der Waals surface area contributed by atoms with Gasteiger partial charge in [0.25, 0.3) is 0 Å². The average molecular weight is 267 g/mol. The van der Waals surface area contributed by atoms with E-state index < -0.39 is 0 Å². The number of imidazole rings is 1. The molecule has 0 saturated heterocycles. The molecule has 20 heavy (non-hydrogen) atoms. The van der Waals surface area contributed by atoms with Crippen LogP contribution in [0.2, 0.25) is 0 Å². The van der Waals surface area contributed by atoms with Gasteiger partial charge in [-0.25, -0.2) is 9.97 Å². The van der Waals surface area contributed by atoms with Crippen LogP contribution < -0.4 is 4.74 Å². The van der Waals surface area contributed by atoms with E-state index in [9.17, 15) is 0 Å². The van der Waals surface area contributed by atoms with Crippen molar-refractivity contribution in [3.63, 3.8) is 0 Å². The highest BCUT2D eigenvalue weighted by Crippen LogP contribution is 2.29. The van der Waals surface area contributed by atoms with Gasteiger partial charge in [0.2, 0.25) is 5.78 Å². The van der Waals surface area contributed by atoms with Gasteiger partial charge in [0, 0.05) is 24.2 Å². The Kier molecular flexibility index (Phi) is 3.14. The second-order valence-electron chi connectivity index (χ2n) is 4.80. The number of rotatable bonds is 3. The standard InChI is InChI=1S/C16H17N3O/c1-4-20-13-5-6-14(11(2)9-13)15-12(3)10-18-16-17-7-8-19(15)16/h5-10H,4H2,1-3H3. The number of aromatic nitrogens is 3. The van der Waals surface area contributed by atoms with Gasteiger partial charge in [-0.15, -0.1) is 0 Å². The largest absolute Gasteiger partial charge is 0.494 e. The van der Waals surface area contributed by atoms with Crippen LogP contribution >= 0.6 is 0 Å². The number of nitrogens with zero attached hydrogens (tertiary/aromatic N) is 3. The van der Waals surface area contributed by atoms with Crippen molar-refractivity contribution in [2.24, 2.45) is 0 Å². The molecule has 0 unspecified atom stereocenters. The summed E-state index contributed by atoms with van der Waals surface area (Å²) in [6, 6.07) is 6.18. The molecule has 3 rings (SSSR count). The first kappa shape index (κ1) is 12.7. The van der Waals surface area contributed by atoms with Crippen molar-refractivity contribution < 1.29 is 4.74 Å². The molecule has 0 aliphatic rings. The summed E-state index contributed by atoms with van der Waals surface area (Å²) >= 11 is 0. The Morgan fingerprint density at radius 1 is 1.15 bits per heavy atom. The van der Waals surface area contributed by atoms with E-state index >= 15 is 0 Å². The van der Waals surface area contributed by atoms with Crippen LogP contribution in [0.15, 0.2) is 36.8 Å². The van der Waals surface area contributed by atoms with E-state index in [2.05, 4.69) is 35.9 Å². The van der Waals surface area contributed by atoms with Crippen molar-refractivity contribution in [3.8, 4) is 17.0 Å². The van der Waals surface area contributed by atoms with E-state index in [1.807, 2.05) is 29.8 Å². The molecule has 4 nitrogen and oxygen atoms in total. The maximum Gasteiger partial charge on any atom is 0.234 e. The lowest BCUT2D eigenvalue weighted by molar-refractivity contribution is 0.340. The number of aryl methyl sites for hydroxylation is 2. The molecule has 0 atom stereocenters. The molecule has 1 aromatic carbocycles. The zero-order chi connectivity index (χ0) is 14.1. The van der Waals surface area contributed by atoms with Gasteiger partial charge in [-0.1, -0.05) is 0 Å². The highest BCUT2D eigenvalue weighted by molar-refractivity contribution is 5.69. The van der Waals surface area contributed by atoms with E-state index in [0.29, 0.717) is 6.61 Å². The summed E-state index contributed by atoms with van der Waals surface area (Å²) in [7, 11) is 0. The van der Waals surface area contributed by atoms with E-state index in [1.54, 1.807) is 6.20 Å². The van der Waals surface area contributed by atoms with Crippen molar-refractivity contribution in [2.75, 3.05) is 6.61 Å². The minimum atomic E-state index is 0.679. The van der Waals surface area contributed by atoms with Crippen molar-refractivity contribution in [1.82, 2.24) is 14.4 Å². The smallest absolute Gasteiger partial charge is 0.234 e. The van der Waals surface area contributed by atoms with Gasteiger partial charge in [0.1, 0.15) is 5.75 Å². The minimum absolute atomic E-state index is 0.679. The lowest BCUT2D eigenvalue weighted by Gasteiger charge is -2.13. The Hall–Kier alpha value is -2.36. The van der Waals surface area contributed by atoms with Crippen LogP contribution in [0.3, 0.4) is 0 Å². The van der Waals surface area contributed by atoms with Gasteiger partial charge in [-0.3, -0.25) is 4.40 Å². The summed E-state index contributed by atoms with van der Waals surface area (Å²) in [6.07, 6.45) is 5.59. The van der Waals surface area contributed by atoms with E-state index in [-0.39, 0.29) is 0 Å².